The minimum atomic E-state index is -6.09. The summed E-state index contributed by atoms with van der Waals surface area (Å²) in [5, 5.41) is 9.53. The first-order valence-electron chi connectivity index (χ1n) is 20.4. The lowest BCUT2D eigenvalue weighted by atomic mass is 9.89. The summed E-state index contributed by atoms with van der Waals surface area (Å²) in [5.74, 6) is -0.565. The first-order valence-corrected chi connectivity index (χ1v) is 23.2. The van der Waals surface area contributed by atoms with E-state index in [1.165, 1.54) is 0 Å². The molecule has 16 nitrogen and oxygen atoms in total. The lowest BCUT2D eigenvalue weighted by Gasteiger charge is -2.11. The molecule has 0 aliphatic heterocycles. The summed E-state index contributed by atoms with van der Waals surface area (Å²) in [6.45, 7) is 6.60. The Bertz CT molecular complexity index is 2400. The van der Waals surface area contributed by atoms with Crippen molar-refractivity contribution in [1.29, 1.82) is 0 Å². The number of nitrogens with zero attached hydrogens (tertiary/aromatic N) is 6. The van der Waals surface area contributed by atoms with Gasteiger partial charge in [0.15, 0.2) is 20.2 Å². The number of fused-ring (bicyclic) bond motifs is 4. The van der Waals surface area contributed by atoms with Crippen molar-refractivity contribution in [2.24, 2.45) is 0 Å². The molecule has 64 heavy (non-hydrogen) atoms. The van der Waals surface area contributed by atoms with Gasteiger partial charge >= 0.3 is 11.0 Å². The fraction of sp³-hybridized carbons (Fsp3) is 0.500. The van der Waals surface area contributed by atoms with Crippen LogP contribution in [0.15, 0.2) is 48.5 Å². The van der Waals surface area contributed by atoms with Crippen molar-refractivity contribution in [3.63, 3.8) is 0 Å². The highest BCUT2D eigenvalue weighted by molar-refractivity contribution is 7.86. The lowest BCUT2D eigenvalue weighted by Crippen LogP contribution is -2.44. The van der Waals surface area contributed by atoms with Gasteiger partial charge in [0.05, 0.1) is 10.4 Å². The maximum absolute atomic E-state index is 13.6. The van der Waals surface area contributed by atoms with Gasteiger partial charge in [-0.05, 0) is 51.4 Å². The summed E-state index contributed by atoms with van der Waals surface area (Å²) in [6.07, 6.45) is 11.7. The number of hydrogen-bond acceptors (Lipinski definition) is 12. The molecule has 2 aromatic carbocycles. The zero-order valence-corrected chi connectivity index (χ0v) is 36.4. The third kappa shape index (κ3) is 12.3. The number of rotatable bonds is 17. The van der Waals surface area contributed by atoms with Gasteiger partial charge in [-0.25, -0.2) is 16.8 Å². The maximum Gasteiger partial charge on any atom is 0.485 e. The number of hydrogen-bond donors (Lipinski definition) is 0. The molecule has 0 amide bonds. The van der Waals surface area contributed by atoms with Crippen molar-refractivity contribution >= 4 is 43.4 Å². The molecule has 0 atom stereocenters. The van der Waals surface area contributed by atoms with Crippen molar-refractivity contribution in [1.82, 2.24) is 19.8 Å². The topological polar surface area (TPSA) is 226 Å². The zero-order chi connectivity index (χ0) is 47.6. The van der Waals surface area contributed by atoms with Crippen LogP contribution in [-0.2, 0) is 46.4 Å². The summed E-state index contributed by atoms with van der Waals surface area (Å²) in [7, 11) is -12.2. The second kappa shape index (κ2) is 21.7. The van der Waals surface area contributed by atoms with Crippen LogP contribution in [-0.4, -0.2) is 79.9 Å². The van der Waals surface area contributed by atoms with Gasteiger partial charge < -0.3 is 9.11 Å². The normalized spacial score (nSPS) is 13.6. The molecule has 0 spiro atoms. The molecule has 6 rings (SSSR count). The number of carbonyl (C=O) groups excluding carboxylic acids is 4. The largest absolute Gasteiger partial charge is 0.741 e. The number of benzene rings is 2. The van der Waals surface area contributed by atoms with E-state index in [4.69, 9.17) is 36.4 Å². The molecule has 0 saturated carbocycles. The summed E-state index contributed by atoms with van der Waals surface area (Å²) in [6, 6.07) is 14.1. The van der Waals surface area contributed by atoms with E-state index in [2.05, 4.69) is 13.8 Å². The summed E-state index contributed by atoms with van der Waals surface area (Å²) < 4.78 is 125. The van der Waals surface area contributed by atoms with Crippen LogP contribution in [0.3, 0.4) is 0 Å². The minimum absolute atomic E-state index is 0.136. The van der Waals surface area contributed by atoms with Crippen LogP contribution < -0.4 is 9.36 Å². The van der Waals surface area contributed by atoms with E-state index in [1.54, 1.807) is 67.3 Å². The van der Waals surface area contributed by atoms with Crippen molar-refractivity contribution in [3.8, 4) is 0 Å². The number of aromatic nitrogens is 6. The van der Waals surface area contributed by atoms with Crippen molar-refractivity contribution in [2.45, 2.75) is 128 Å². The quantitative estimate of drug-likeness (QED) is 0.0351. The third-order valence-electron chi connectivity index (χ3n) is 10.1. The van der Waals surface area contributed by atoms with Crippen LogP contribution >= 0.6 is 0 Å². The molecule has 350 valence electrons. The van der Waals surface area contributed by atoms with E-state index in [0.717, 1.165) is 77.0 Å². The van der Waals surface area contributed by atoms with Crippen LogP contribution in [0.25, 0.3) is 0 Å². The molecule has 2 aliphatic carbocycles. The van der Waals surface area contributed by atoms with E-state index in [9.17, 15) is 45.5 Å². The molecule has 0 N–H and O–H groups in total. The van der Waals surface area contributed by atoms with E-state index >= 15 is 0 Å². The fourth-order valence-electron chi connectivity index (χ4n) is 6.98. The van der Waals surface area contributed by atoms with Crippen LogP contribution in [0.5, 0.6) is 0 Å². The van der Waals surface area contributed by atoms with Gasteiger partial charge in [-0.2, -0.15) is 26.3 Å². The van der Waals surface area contributed by atoms with Crippen LogP contribution in [0.2, 0.25) is 0 Å². The second-order valence-electron chi connectivity index (χ2n) is 14.8. The second-order valence-corrected chi connectivity index (χ2v) is 17.6. The Balaban J connectivity index is 0.000000477. The number of carbonyl (C=O) groups is 4. The molecule has 0 fully saturated rings. The molecule has 4 aromatic rings. The smallest absolute Gasteiger partial charge is 0.485 e. The molecule has 2 aliphatic rings. The predicted molar refractivity (Wildman–Crippen MR) is 210 cm³/mol. The number of unbranched alkanes of at least 4 members (excludes halogenated alkanes) is 9. The summed E-state index contributed by atoms with van der Waals surface area (Å²) in [5.41, 5.74) is -7.92. The Morgan fingerprint density at radius 1 is 0.500 bits per heavy atom. The summed E-state index contributed by atoms with van der Waals surface area (Å²) >= 11 is 0. The molecule has 0 unspecified atom stereocenters. The highest BCUT2D eigenvalue weighted by Crippen LogP contribution is 2.28. The average Bonchev–Trinajstić information content (AvgIpc) is 3.78. The van der Waals surface area contributed by atoms with Crippen molar-refractivity contribution in [2.75, 3.05) is 0 Å². The summed E-state index contributed by atoms with van der Waals surface area (Å²) in [4.78, 5) is 54.3. The number of ketones is 4. The first kappa shape index (κ1) is 51.4. The van der Waals surface area contributed by atoms with E-state index in [1.807, 2.05) is 0 Å². The highest BCUT2D eigenvalue weighted by atomic mass is 32.2. The van der Waals surface area contributed by atoms with Gasteiger partial charge in [-0.15, -0.1) is 18.7 Å². The van der Waals surface area contributed by atoms with Gasteiger partial charge in [0.1, 0.15) is 26.2 Å². The Morgan fingerprint density at radius 2 is 0.781 bits per heavy atom. The lowest BCUT2D eigenvalue weighted by molar-refractivity contribution is -0.758. The SMILES string of the molecule is CCCCCCn1n[n+](CCCCCC[n+]2nn(CCCCCC)c3c2C(=O)c2ccccc2C3=O)c2c1C(=O)c1ccccc1C2=O.O=S(=O)([O-])C(F)(F)F.O=S(=O)([O-])C(F)(F)F. The van der Waals surface area contributed by atoms with Gasteiger partial charge in [-0.3, -0.25) is 19.2 Å². The average molecular weight is 949 g/mol. The number of aryl methyl sites for hydroxylation is 4. The zero-order valence-electron chi connectivity index (χ0n) is 34.8. The monoisotopic (exact) mass is 948 g/mol. The molecule has 24 heteroatoms. The van der Waals surface area contributed by atoms with E-state index in [0.29, 0.717) is 71.2 Å². The molecule has 2 heterocycles. The molecule has 0 saturated heterocycles. The van der Waals surface area contributed by atoms with Crippen LogP contribution in [0, 0.1) is 0 Å². The Kier molecular flexibility index (Phi) is 17.4. The number of alkyl halides is 6. The number of halogens is 6. The van der Waals surface area contributed by atoms with Gasteiger partial charge in [0.2, 0.25) is 45.9 Å². The van der Waals surface area contributed by atoms with Crippen molar-refractivity contribution in [3.05, 3.63) is 93.6 Å². The Hall–Kier alpha value is -5.20. The van der Waals surface area contributed by atoms with E-state index < -0.39 is 31.3 Å². The Labute approximate surface area is 364 Å². The van der Waals surface area contributed by atoms with Crippen molar-refractivity contribution < 1.29 is 80.8 Å². The molecular formula is C40H46F6N6O10S2. The molecule has 0 bridgehead atoms. The molecular weight excluding hydrogens is 903 g/mol. The van der Waals surface area contributed by atoms with Gasteiger partial charge in [-0.1, -0.05) is 88.1 Å². The van der Waals surface area contributed by atoms with E-state index in [-0.39, 0.29) is 23.1 Å². The van der Waals surface area contributed by atoms with Gasteiger partial charge in [0.25, 0.3) is 0 Å². The molecule has 2 aromatic heterocycles. The maximum atomic E-state index is 13.6. The predicted octanol–water partition coefficient (Wildman–Crippen LogP) is 5.73. The minimum Gasteiger partial charge on any atom is -0.741 e. The van der Waals surface area contributed by atoms with Crippen LogP contribution in [0.1, 0.15) is 155 Å². The fourth-order valence-corrected chi connectivity index (χ4v) is 6.98. The Morgan fingerprint density at radius 3 is 1.06 bits per heavy atom. The van der Waals surface area contributed by atoms with Crippen LogP contribution in [0.4, 0.5) is 26.3 Å². The highest BCUT2D eigenvalue weighted by Gasteiger charge is 2.44. The molecule has 0 radical (unpaired) electrons. The standard InChI is InChI=1S/C38H46N6O4.2CHF3O3S/c1-3-5-7-15-23-41-31-33(37(47)29-21-13-11-19-27(29)35(31)45)43(39-41)25-17-9-10-18-26-44-34-32(42(40-44)24-16-8-6-4-2)36(46)28-20-12-14-22-30(28)38(34)48;2*2-1(3,4)8(5,6)7/h11-14,19-22H,3-10,15-18,23-26H2,1-2H3;2*(H,5,6,7)/q+2;;/p-2. The first-order chi connectivity index (χ1) is 30.0. The third-order valence-corrected chi connectivity index (χ3v) is 11.2. The van der Waals surface area contributed by atoms with Gasteiger partial charge in [0, 0.05) is 22.3 Å².